The van der Waals surface area contributed by atoms with Gasteiger partial charge in [-0.15, -0.1) is 5.10 Å². The van der Waals surface area contributed by atoms with Gasteiger partial charge in [0, 0.05) is 9.50 Å². The van der Waals surface area contributed by atoms with Gasteiger partial charge in [0.15, 0.2) is 0 Å². The van der Waals surface area contributed by atoms with Crippen LogP contribution in [0.4, 0.5) is 0 Å². The van der Waals surface area contributed by atoms with Gasteiger partial charge in [0.05, 0.1) is 31.0 Å². The van der Waals surface area contributed by atoms with Crippen LogP contribution in [0, 0.1) is 0 Å². The molecule has 29 heavy (non-hydrogen) atoms. The Morgan fingerprint density at radius 1 is 1.21 bits per heavy atom. The van der Waals surface area contributed by atoms with Crippen LogP contribution in [-0.4, -0.2) is 40.4 Å². The standard InChI is InChI=1S/C19H18BrClN4O3S/c1-13-12-28-18-8-15(20)4-7-19(18)29(26,27)25(13)11-17-10-24(23-22-17)9-14-2-5-16(21)6-3-14/h2-8,10,13H,9,11-12H2,1H3/t13-/m1/s1. The molecule has 0 radical (unpaired) electrons. The zero-order chi connectivity index (χ0) is 20.6. The van der Waals surface area contributed by atoms with Crippen molar-refractivity contribution < 1.29 is 13.2 Å². The van der Waals surface area contributed by atoms with Crippen molar-refractivity contribution in [2.24, 2.45) is 0 Å². The minimum absolute atomic E-state index is 0.114. The van der Waals surface area contributed by atoms with Gasteiger partial charge in [-0.2, -0.15) is 4.31 Å². The first-order valence-corrected chi connectivity index (χ1v) is 11.5. The van der Waals surface area contributed by atoms with Crippen LogP contribution in [0.15, 0.2) is 58.0 Å². The number of halogens is 2. The molecular formula is C19H18BrClN4O3S. The van der Waals surface area contributed by atoms with E-state index in [0.717, 1.165) is 10.0 Å². The molecule has 0 unspecified atom stereocenters. The third kappa shape index (κ3) is 4.32. The molecule has 3 aromatic rings. The summed E-state index contributed by atoms with van der Waals surface area (Å²) in [6.45, 7) is 2.70. The first kappa shape index (κ1) is 20.3. The van der Waals surface area contributed by atoms with Crippen LogP contribution in [-0.2, 0) is 23.1 Å². The molecule has 10 heteroatoms. The third-order valence-corrected chi connectivity index (χ3v) is 7.37. The summed E-state index contributed by atoms with van der Waals surface area (Å²) in [5, 5.41) is 8.95. The highest BCUT2D eigenvalue weighted by atomic mass is 79.9. The molecule has 4 rings (SSSR count). The second kappa shape index (κ2) is 8.06. The second-order valence-electron chi connectivity index (χ2n) is 6.84. The predicted octanol–water partition coefficient (Wildman–Crippen LogP) is 3.71. The largest absolute Gasteiger partial charge is 0.490 e. The van der Waals surface area contributed by atoms with Gasteiger partial charge in [0.1, 0.15) is 17.3 Å². The summed E-state index contributed by atoms with van der Waals surface area (Å²) in [4.78, 5) is 0.151. The molecule has 0 aliphatic carbocycles. The van der Waals surface area contributed by atoms with E-state index < -0.39 is 10.0 Å². The van der Waals surface area contributed by atoms with E-state index in [4.69, 9.17) is 16.3 Å². The Hall–Kier alpha value is -1.94. The van der Waals surface area contributed by atoms with Gasteiger partial charge in [-0.05, 0) is 42.8 Å². The molecule has 0 amide bonds. The molecule has 152 valence electrons. The summed E-state index contributed by atoms with van der Waals surface area (Å²) in [5.74, 6) is 0.347. The van der Waals surface area contributed by atoms with Crippen molar-refractivity contribution >= 4 is 37.6 Å². The number of hydrogen-bond acceptors (Lipinski definition) is 5. The molecule has 0 bridgehead atoms. The minimum Gasteiger partial charge on any atom is -0.490 e. The van der Waals surface area contributed by atoms with Crippen molar-refractivity contribution in [1.29, 1.82) is 0 Å². The molecule has 7 nitrogen and oxygen atoms in total. The average Bonchev–Trinajstić information content (AvgIpc) is 3.09. The Kier molecular flexibility index (Phi) is 5.65. The smallest absolute Gasteiger partial charge is 0.247 e. The fourth-order valence-corrected chi connectivity index (χ4v) is 5.30. The molecule has 1 atom stereocenters. The number of fused-ring (bicyclic) bond motifs is 1. The molecule has 2 heterocycles. The molecule has 1 aliphatic heterocycles. The van der Waals surface area contributed by atoms with Crippen LogP contribution in [0.2, 0.25) is 5.02 Å². The van der Waals surface area contributed by atoms with Crippen LogP contribution in [0.3, 0.4) is 0 Å². The van der Waals surface area contributed by atoms with Crippen LogP contribution in [0.25, 0.3) is 0 Å². The van der Waals surface area contributed by atoms with Crippen molar-refractivity contribution in [3.63, 3.8) is 0 Å². The molecule has 1 aliphatic rings. The SMILES string of the molecule is C[C@@H]1COc2cc(Br)ccc2S(=O)(=O)N1Cc1cn(Cc2ccc(Cl)cc2)nn1. The van der Waals surface area contributed by atoms with Crippen molar-refractivity contribution in [3.8, 4) is 5.75 Å². The highest BCUT2D eigenvalue weighted by molar-refractivity contribution is 9.10. The fraction of sp³-hybridized carbons (Fsp3) is 0.263. The Bertz CT molecular complexity index is 1130. The maximum absolute atomic E-state index is 13.2. The number of hydrogen-bond donors (Lipinski definition) is 0. The normalized spacial score (nSPS) is 18.7. The first-order valence-electron chi connectivity index (χ1n) is 8.90. The summed E-state index contributed by atoms with van der Waals surface area (Å²) < 4.78 is 36.1. The van der Waals surface area contributed by atoms with Crippen LogP contribution in [0.5, 0.6) is 5.75 Å². The molecular weight excluding hydrogens is 480 g/mol. The summed E-state index contributed by atoms with van der Waals surface area (Å²) >= 11 is 9.27. The van der Waals surface area contributed by atoms with E-state index >= 15 is 0 Å². The van der Waals surface area contributed by atoms with Gasteiger partial charge in [-0.1, -0.05) is 44.9 Å². The lowest BCUT2D eigenvalue weighted by atomic mass is 10.2. The molecule has 2 aromatic carbocycles. The Morgan fingerprint density at radius 2 is 1.97 bits per heavy atom. The van der Waals surface area contributed by atoms with Gasteiger partial charge >= 0.3 is 0 Å². The third-order valence-electron chi connectivity index (χ3n) is 4.63. The van der Waals surface area contributed by atoms with Crippen molar-refractivity contribution in [2.75, 3.05) is 6.61 Å². The van der Waals surface area contributed by atoms with Crippen molar-refractivity contribution in [1.82, 2.24) is 19.3 Å². The first-order chi connectivity index (χ1) is 13.8. The minimum atomic E-state index is -3.74. The van der Waals surface area contributed by atoms with Gasteiger partial charge in [0.2, 0.25) is 10.0 Å². The number of sulfonamides is 1. The van der Waals surface area contributed by atoms with Gasteiger partial charge in [0.25, 0.3) is 0 Å². The van der Waals surface area contributed by atoms with Crippen molar-refractivity contribution in [2.45, 2.75) is 31.0 Å². The Labute approximate surface area is 182 Å². The Morgan fingerprint density at radius 3 is 2.72 bits per heavy atom. The van der Waals surface area contributed by atoms with Crippen LogP contribution in [0.1, 0.15) is 18.2 Å². The lowest BCUT2D eigenvalue weighted by Crippen LogP contribution is -2.39. The predicted molar refractivity (Wildman–Crippen MR) is 112 cm³/mol. The highest BCUT2D eigenvalue weighted by Gasteiger charge is 2.35. The van der Waals surface area contributed by atoms with Gasteiger partial charge in [-0.25, -0.2) is 13.1 Å². The molecule has 0 saturated carbocycles. The summed E-state index contributed by atoms with van der Waals surface area (Å²) in [7, 11) is -3.74. The van der Waals surface area contributed by atoms with Crippen molar-refractivity contribution in [3.05, 3.63) is 69.4 Å². The number of benzene rings is 2. The summed E-state index contributed by atoms with van der Waals surface area (Å²) in [6.07, 6.45) is 1.76. The van der Waals surface area contributed by atoms with E-state index in [1.165, 1.54) is 4.31 Å². The van der Waals surface area contributed by atoms with Gasteiger partial charge < -0.3 is 4.74 Å². The van der Waals surface area contributed by atoms with E-state index in [1.807, 2.05) is 31.2 Å². The molecule has 0 spiro atoms. The number of aromatic nitrogens is 3. The quantitative estimate of drug-likeness (QED) is 0.549. The number of rotatable bonds is 4. The average molecular weight is 498 g/mol. The topological polar surface area (TPSA) is 77.3 Å². The highest BCUT2D eigenvalue weighted by Crippen LogP contribution is 2.34. The lowest BCUT2D eigenvalue weighted by Gasteiger charge is -2.24. The van der Waals surface area contributed by atoms with Gasteiger partial charge in [-0.3, -0.25) is 0 Å². The van der Waals surface area contributed by atoms with Crippen LogP contribution >= 0.6 is 27.5 Å². The summed E-state index contributed by atoms with van der Waals surface area (Å²) in [5.41, 5.74) is 1.59. The zero-order valence-electron chi connectivity index (χ0n) is 15.5. The van der Waals surface area contributed by atoms with E-state index in [9.17, 15) is 8.42 Å². The molecule has 1 aromatic heterocycles. The van der Waals surface area contributed by atoms with E-state index in [0.29, 0.717) is 23.0 Å². The Balaban J connectivity index is 1.57. The second-order valence-corrected chi connectivity index (χ2v) is 10.0. The van der Waals surface area contributed by atoms with E-state index in [1.54, 1.807) is 29.1 Å². The maximum atomic E-state index is 13.2. The fourth-order valence-electron chi connectivity index (χ4n) is 3.13. The lowest BCUT2D eigenvalue weighted by molar-refractivity contribution is 0.219. The number of nitrogens with zero attached hydrogens (tertiary/aromatic N) is 4. The van der Waals surface area contributed by atoms with E-state index in [-0.39, 0.29) is 24.1 Å². The van der Waals surface area contributed by atoms with Crippen LogP contribution < -0.4 is 4.74 Å². The van der Waals surface area contributed by atoms with E-state index in [2.05, 4.69) is 26.2 Å². The summed E-state index contributed by atoms with van der Waals surface area (Å²) in [6, 6.07) is 12.0. The molecule has 0 saturated heterocycles. The molecule has 0 N–H and O–H groups in total. The maximum Gasteiger partial charge on any atom is 0.247 e. The molecule has 0 fully saturated rings. The number of ether oxygens (including phenoxy) is 1. The zero-order valence-corrected chi connectivity index (χ0v) is 18.7. The monoisotopic (exact) mass is 496 g/mol.